The lowest BCUT2D eigenvalue weighted by Crippen LogP contribution is -2.63. The summed E-state index contributed by atoms with van der Waals surface area (Å²) in [6, 6.07) is 11.7. The summed E-state index contributed by atoms with van der Waals surface area (Å²) >= 11 is 6.31. The summed E-state index contributed by atoms with van der Waals surface area (Å²) in [5.74, 6) is 1.69. The van der Waals surface area contributed by atoms with Crippen molar-refractivity contribution >= 4 is 17.5 Å². The van der Waals surface area contributed by atoms with Crippen molar-refractivity contribution in [1.82, 2.24) is 5.32 Å². The predicted molar refractivity (Wildman–Crippen MR) is 118 cm³/mol. The minimum atomic E-state index is -0.207. The van der Waals surface area contributed by atoms with Crippen molar-refractivity contribution in [3.05, 3.63) is 35.9 Å². The summed E-state index contributed by atoms with van der Waals surface area (Å²) in [4.78, 5) is 13.8. The minimum absolute atomic E-state index is 0.152. The topological polar surface area (TPSA) is 55.1 Å². The molecule has 2 unspecified atom stereocenters. The van der Waals surface area contributed by atoms with E-state index in [1.165, 1.54) is 24.8 Å². The van der Waals surface area contributed by atoms with Gasteiger partial charge in [0, 0.05) is 18.0 Å². The zero-order valence-corrected chi connectivity index (χ0v) is 18.2. The molecule has 0 saturated heterocycles. The van der Waals surface area contributed by atoms with Gasteiger partial charge >= 0.3 is 0 Å². The molecule has 5 fully saturated rings. The first-order valence-corrected chi connectivity index (χ1v) is 12.2. The van der Waals surface area contributed by atoms with Crippen molar-refractivity contribution in [2.24, 2.45) is 22.5 Å². The van der Waals surface area contributed by atoms with Gasteiger partial charge in [0.05, 0.1) is 5.41 Å². The Bertz CT molecular complexity index is 761. The lowest BCUT2D eigenvalue weighted by molar-refractivity contribution is -0.164. The Labute approximate surface area is 180 Å². The Morgan fingerprint density at radius 2 is 1.79 bits per heavy atom. The maximum Gasteiger partial charge on any atom is 0.226 e. The fourth-order valence-electron chi connectivity index (χ4n) is 8.09. The van der Waals surface area contributed by atoms with Gasteiger partial charge in [-0.05, 0) is 92.9 Å². The van der Waals surface area contributed by atoms with Crippen molar-refractivity contribution in [2.45, 2.75) is 88.1 Å². The smallest absolute Gasteiger partial charge is 0.226 e. The van der Waals surface area contributed by atoms with Crippen LogP contribution in [0.15, 0.2) is 30.3 Å². The molecule has 4 bridgehead atoms. The van der Waals surface area contributed by atoms with Gasteiger partial charge in [0.1, 0.15) is 0 Å². The molecule has 0 heterocycles. The standard InChI is InChI=1S/C25H35ClN2O/c26-11-10-23-12-18-13-24(15-23,19-4-2-1-3-5-19)17-25(14-18,16-23)22(29)28-21-8-6-20(27)7-9-21/h1-5,18,20-21H,6-17,27H2,(H,28,29)/t18?,20?,21?,23-,24-,25?/m1/s1. The van der Waals surface area contributed by atoms with Crippen molar-refractivity contribution < 1.29 is 4.79 Å². The van der Waals surface area contributed by atoms with Crippen LogP contribution in [0.1, 0.15) is 76.2 Å². The van der Waals surface area contributed by atoms with Crippen molar-refractivity contribution in [2.75, 3.05) is 5.88 Å². The molecule has 0 radical (unpaired) electrons. The average molecular weight is 415 g/mol. The normalized spacial score (nSPS) is 43.3. The highest BCUT2D eigenvalue weighted by Crippen LogP contribution is 2.71. The SMILES string of the molecule is NC1CCC(NC(=O)C23CC4C[C@@](CCCl)(C2)C[C@](c2ccccc2)(C4)C3)CC1. The summed E-state index contributed by atoms with van der Waals surface area (Å²) in [5, 5.41) is 3.50. The Kier molecular flexibility index (Phi) is 4.98. The van der Waals surface area contributed by atoms with Crippen molar-refractivity contribution in [3.63, 3.8) is 0 Å². The number of hydrogen-bond donors (Lipinski definition) is 2. The number of nitrogens with two attached hydrogens (primary N) is 1. The maximum absolute atomic E-state index is 13.8. The molecule has 3 N–H and O–H groups in total. The van der Waals surface area contributed by atoms with Gasteiger partial charge in [-0.25, -0.2) is 0 Å². The van der Waals surface area contributed by atoms with Crippen LogP contribution in [0.3, 0.4) is 0 Å². The highest BCUT2D eigenvalue weighted by atomic mass is 35.5. The van der Waals surface area contributed by atoms with Gasteiger partial charge in [-0.2, -0.15) is 0 Å². The molecule has 5 aliphatic carbocycles. The third kappa shape index (κ3) is 3.43. The van der Waals surface area contributed by atoms with E-state index in [0.717, 1.165) is 51.4 Å². The molecule has 1 aromatic rings. The van der Waals surface area contributed by atoms with Crippen LogP contribution in [0, 0.1) is 16.7 Å². The van der Waals surface area contributed by atoms with Gasteiger partial charge in [-0.15, -0.1) is 11.6 Å². The van der Waals surface area contributed by atoms with Crippen LogP contribution < -0.4 is 11.1 Å². The molecule has 1 aromatic carbocycles. The lowest BCUT2D eigenvalue weighted by Gasteiger charge is -2.66. The Balaban J connectivity index is 1.46. The molecule has 0 spiro atoms. The number of carbonyl (C=O) groups is 1. The van der Waals surface area contributed by atoms with Crippen LogP contribution in [-0.4, -0.2) is 23.9 Å². The van der Waals surface area contributed by atoms with Gasteiger partial charge in [-0.1, -0.05) is 30.3 Å². The molecule has 5 aliphatic rings. The van der Waals surface area contributed by atoms with Gasteiger partial charge in [0.2, 0.25) is 5.91 Å². The van der Waals surface area contributed by atoms with Crippen molar-refractivity contribution in [3.8, 4) is 0 Å². The largest absolute Gasteiger partial charge is 0.353 e. The highest BCUT2D eigenvalue weighted by molar-refractivity contribution is 6.17. The number of nitrogens with one attached hydrogen (secondary N) is 1. The molecule has 29 heavy (non-hydrogen) atoms. The lowest BCUT2D eigenvalue weighted by atomic mass is 9.38. The number of carbonyl (C=O) groups excluding carboxylic acids is 1. The average Bonchev–Trinajstić information content (AvgIpc) is 2.69. The summed E-state index contributed by atoms with van der Waals surface area (Å²) in [7, 11) is 0. The number of rotatable bonds is 5. The molecule has 6 rings (SSSR count). The van der Waals surface area contributed by atoms with Gasteiger partial charge in [0.25, 0.3) is 0 Å². The van der Waals surface area contributed by atoms with Crippen LogP contribution in [0.25, 0.3) is 0 Å². The number of alkyl halides is 1. The molecule has 3 nitrogen and oxygen atoms in total. The first kappa shape index (κ1) is 19.9. The first-order valence-electron chi connectivity index (χ1n) is 11.6. The van der Waals surface area contributed by atoms with Gasteiger partial charge in [0.15, 0.2) is 0 Å². The molecule has 0 aliphatic heterocycles. The summed E-state index contributed by atoms with van der Waals surface area (Å²) in [6.07, 6.45) is 12.0. The number of amides is 1. The quantitative estimate of drug-likeness (QED) is 0.672. The zero-order chi connectivity index (χ0) is 20.1. The van der Waals surface area contributed by atoms with Crippen molar-refractivity contribution in [1.29, 1.82) is 0 Å². The summed E-state index contributed by atoms with van der Waals surface area (Å²) in [6.45, 7) is 0. The van der Waals surface area contributed by atoms with E-state index >= 15 is 0 Å². The van der Waals surface area contributed by atoms with Crippen LogP contribution in [0.2, 0.25) is 0 Å². The monoisotopic (exact) mass is 414 g/mol. The van der Waals surface area contributed by atoms with E-state index in [-0.39, 0.29) is 16.2 Å². The van der Waals surface area contributed by atoms with Crippen LogP contribution in [-0.2, 0) is 10.2 Å². The molecule has 0 aromatic heterocycles. The summed E-state index contributed by atoms with van der Waals surface area (Å²) < 4.78 is 0. The minimum Gasteiger partial charge on any atom is -0.353 e. The van der Waals surface area contributed by atoms with E-state index in [9.17, 15) is 4.79 Å². The third-order valence-electron chi connectivity index (χ3n) is 8.78. The van der Waals surface area contributed by atoms with E-state index in [1.807, 2.05) is 0 Å². The maximum atomic E-state index is 13.8. The number of benzene rings is 1. The van der Waals surface area contributed by atoms with Gasteiger partial charge < -0.3 is 11.1 Å². The predicted octanol–water partition coefficient (Wildman–Crippen LogP) is 4.91. The second-order valence-electron chi connectivity index (χ2n) is 11.0. The van der Waals surface area contributed by atoms with E-state index in [4.69, 9.17) is 17.3 Å². The molecule has 5 saturated carbocycles. The van der Waals surface area contributed by atoms with E-state index in [1.54, 1.807) is 0 Å². The second-order valence-corrected chi connectivity index (χ2v) is 11.3. The Hall–Kier alpha value is -1.06. The van der Waals surface area contributed by atoms with Gasteiger partial charge in [-0.3, -0.25) is 4.79 Å². The molecule has 4 atom stereocenters. The molecule has 1 amide bonds. The third-order valence-corrected chi connectivity index (χ3v) is 8.97. The molecule has 4 heteroatoms. The Morgan fingerprint density at radius 1 is 1.03 bits per heavy atom. The highest BCUT2D eigenvalue weighted by Gasteiger charge is 2.65. The van der Waals surface area contributed by atoms with E-state index in [2.05, 4.69) is 35.6 Å². The van der Waals surface area contributed by atoms with E-state index in [0.29, 0.717) is 29.8 Å². The van der Waals surface area contributed by atoms with Crippen LogP contribution in [0.5, 0.6) is 0 Å². The fraction of sp³-hybridized carbons (Fsp3) is 0.720. The second kappa shape index (κ2) is 7.27. The number of halogens is 1. The Morgan fingerprint density at radius 3 is 2.52 bits per heavy atom. The molecular weight excluding hydrogens is 380 g/mol. The first-order chi connectivity index (χ1) is 14.0. The van der Waals surface area contributed by atoms with E-state index < -0.39 is 0 Å². The summed E-state index contributed by atoms with van der Waals surface area (Å²) in [5.41, 5.74) is 7.71. The number of hydrogen-bond acceptors (Lipinski definition) is 2. The zero-order valence-electron chi connectivity index (χ0n) is 17.5. The fourth-order valence-corrected chi connectivity index (χ4v) is 8.49. The van der Waals surface area contributed by atoms with Crippen LogP contribution in [0.4, 0.5) is 0 Å². The van der Waals surface area contributed by atoms with Crippen LogP contribution >= 0.6 is 11.6 Å². The molecular formula is C25H35ClN2O. The molecule has 158 valence electrons.